The molecule has 1 amide bonds. The van der Waals surface area contributed by atoms with Gasteiger partial charge in [-0.15, -0.1) is 0 Å². The number of aromatic nitrogens is 1. The Bertz CT molecular complexity index is 834. The molecule has 0 radical (unpaired) electrons. The number of nitrogens with two attached hydrogens (primary N) is 1. The summed E-state index contributed by atoms with van der Waals surface area (Å²) in [6.07, 6.45) is 2.18. The predicted molar refractivity (Wildman–Crippen MR) is 84.1 cm³/mol. The molecular weight excluding hydrogens is 326 g/mol. The molecule has 0 aliphatic carbocycles. The number of aromatic amines is 1. The number of nitrogens with zero attached hydrogens (tertiary/aromatic N) is 1. The molecule has 0 saturated heterocycles. The van der Waals surface area contributed by atoms with Crippen LogP contribution in [0, 0.1) is 10.1 Å². The zero-order valence-corrected chi connectivity index (χ0v) is 12.3. The minimum absolute atomic E-state index is 0. The Hall–Kier alpha value is -3.13. The smallest absolute Gasteiger partial charge is 0.345 e. The summed E-state index contributed by atoms with van der Waals surface area (Å²) in [7, 11) is 0. The standard InChI is InChI=1S/C14H10ClN3O5.H2/c1-2-23-14(20)8-6-17-12(13(16)19)11(8)7-3-4-10(18(21)22)9(15)5-7;/h2-6,17H,1H2,(H2,16,19);1H. The second-order valence-electron chi connectivity index (χ2n) is 4.31. The molecule has 3 N–H and O–H groups in total. The number of halogens is 1. The van der Waals surface area contributed by atoms with E-state index in [2.05, 4.69) is 16.3 Å². The summed E-state index contributed by atoms with van der Waals surface area (Å²) < 4.78 is 4.69. The van der Waals surface area contributed by atoms with Gasteiger partial charge in [0.05, 0.1) is 16.7 Å². The first-order valence-electron chi connectivity index (χ1n) is 6.14. The number of esters is 1. The molecule has 0 aliphatic rings. The van der Waals surface area contributed by atoms with Gasteiger partial charge >= 0.3 is 5.97 Å². The van der Waals surface area contributed by atoms with Crippen molar-refractivity contribution >= 4 is 29.2 Å². The Labute approximate surface area is 136 Å². The van der Waals surface area contributed by atoms with Crippen molar-refractivity contribution < 1.29 is 20.7 Å². The molecule has 2 rings (SSSR count). The lowest BCUT2D eigenvalue weighted by atomic mass is 10.0. The second-order valence-corrected chi connectivity index (χ2v) is 4.72. The van der Waals surface area contributed by atoms with Crippen molar-refractivity contribution in [3.8, 4) is 11.1 Å². The molecule has 0 bridgehead atoms. The molecule has 0 spiro atoms. The molecule has 0 fully saturated rings. The topological polar surface area (TPSA) is 128 Å². The predicted octanol–water partition coefficient (Wildman–Crippen LogP) is 2.89. The maximum Gasteiger partial charge on any atom is 0.345 e. The Morgan fingerprint density at radius 3 is 2.70 bits per heavy atom. The Morgan fingerprint density at radius 2 is 2.17 bits per heavy atom. The van der Waals surface area contributed by atoms with Crippen molar-refractivity contribution in [3.05, 3.63) is 63.6 Å². The summed E-state index contributed by atoms with van der Waals surface area (Å²) in [6, 6.07) is 3.78. The van der Waals surface area contributed by atoms with Crippen LogP contribution >= 0.6 is 11.6 Å². The van der Waals surface area contributed by atoms with Gasteiger partial charge in [0.15, 0.2) is 0 Å². The number of hydrogen-bond donors (Lipinski definition) is 2. The Kier molecular flexibility index (Phi) is 4.47. The number of carbonyl (C=O) groups excluding carboxylic acids is 2. The summed E-state index contributed by atoms with van der Waals surface area (Å²) in [4.78, 5) is 36.2. The van der Waals surface area contributed by atoms with Crippen LogP contribution in [0.5, 0.6) is 0 Å². The summed E-state index contributed by atoms with van der Waals surface area (Å²) in [6.45, 7) is 3.27. The van der Waals surface area contributed by atoms with Crippen LogP contribution in [-0.4, -0.2) is 21.8 Å². The fourth-order valence-electron chi connectivity index (χ4n) is 2.03. The molecule has 0 saturated carbocycles. The van der Waals surface area contributed by atoms with E-state index < -0.39 is 16.8 Å². The maximum absolute atomic E-state index is 11.9. The third kappa shape index (κ3) is 3.06. The van der Waals surface area contributed by atoms with Gasteiger partial charge in [-0.3, -0.25) is 14.9 Å². The summed E-state index contributed by atoms with van der Waals surface area (Å²) in [5, 5.41) is 10.7. The first-order valence-corrected chi connectivity index (χ1v) is 6.52. The number of nitrogens with one attached hydrogen (secondary N) is 1. The highest BCUT2D eigenvalue weighted by molar-refractivity contribution is 6.33. The minimum Gasteiger partial charge on any atom is -0.431 e. The minimum atomic E-state index is -0.813. The van der Waals surface area contributed by atoms with Crippen LogP contribution in [0.2, 0.25) is 5.02 Å². The lowest BCUT2D eigenvalue weighted by Gasteiger charge is -2.06. The molecule has 1 aromatic carbocycles. The van der Waals surface area contributed by atoms with Gasteiger partial charge in [0.25, 0.3) is 11.6 Å². The molecule has 2 aromatic rings. The number of rotatable bonds is 5. The van der Waals surface area contributed by atoms with Gasteiger partial charge in [0, 0.05) is 19.3 Å². The third-order valence-electron chi connectivity index (χ3n) is 2.97. The number of benzene rings is 1. The SMILES string of the molecule is C=COC(=O)c1c[nH]c(C(N)=O)c1-c1ccc([N+](=O)[O-])c(Cl)c1.[HH]. The second kappa shape index (κ2) is 6.32. The van der Waals surface area contributed by atoms with E-state index in [0.717, 1.165) is 12.3 Å². The lowest BCUT2D eigenvalue weighted by Crippen LogP contribution is -2.13. The van der Waals surface area contributed by atoms with Crippen LogP contribution in [0.4, 0.5) is 5.69 Å². The molecule has 1 aromatic heterocycles. The van der Waals surface area contributed by atoms with Crippen molar-refractivity contribution in [2.75, 3.05) is 0 Å². The van der Waals surface area contributed by atoms with Crippen LogP contribution in [0.25, 0.3) is 11.1 Å². The molecule has 9 heteroatoms. The van der Waals surface area contributed by atoms with Crippen LogP contribution < -0.4 is 5.73 Å². The van der Waals surface area contributed by atoms with Crippen LogP contribution in [-0.2, 0) is 4.74 Å². The fraction of sp³-hybridized carbons (Fsp3) is 0. The van der Waals surface area contributed by atoms with Crippen LogP contribution in [0.3, 0.4) is 0 Å². The summed E-state index contributed by atoms with van der Waals surface area (Å²) in [5.41, 5.74) is 5.37. The monoisotopic (exact) mass is 337 g/mol. The summed E-state index contributed by atoms with van der Waals surface area (Å²) in [5.74, 6) is -1.58. The van der Waals surface area contributed by atoms with E-state index in [1.807, 2.05) is 0 Å². The van der Waals surface area contributed by atoms with Gasteiger partial charge in [0.1, 0.15) is 10.7 Å². The average molecular weight is 338 g/mol. The Balaban J connectivity index is 0.00000288. The number of H-pyrrole nitrogens is 1. The fourth-order valence-corrected chi connectivity index (χ4v) is 2.28. The van der Waals surface area contributed by atoms with Gasteiger partial charge in [-0.2, -0.15) is 0 Å². The number of primary amides is 1. The molecule has 0 aliphatic heterocycles. The number of ether oxygens (including phenoxy) is 1. The van der Waals surface area contributed by atoms with Gasteiger partial charge in [-0.05, 0) is 17.7 Å². The molecule has 1 heterocycles. The highest BCUT2D eigenvalue weighted by Crippen LogP contribution is 2.34. The Morgan fingerprint density at radius 1 is 1.48 bits per heavy atom. The number of nitro benzene ring substituents is 1. The normalized spacial score (nSPS) is 10.1. The zero-order valence-electron chi connectivity index (χ0n) is 11.5. The maximum atomic E-state index is 11.9. The highest BCUT2D eigenvalue weighted by Gasteiger charge is 2.24. The van der Waals surface area contributed by atoms with Crippen LogP contribution in [0.1, 0.15) is 22.3 Å². The quantitative estimate of drug-likeness (QED) is 0.375. The molecule has 120 valence electrons. The van der Waals surface area contributed by atoms with E-state index >= 15 is 0 Å². The van der Waals surface area contributed by atoms with Gasteiger partial charge < -0.3 is 15.5 Å². The van der Waals surface area contributed by atoms with Crippen molar-refractivity contribution in [3.63, 3.8) is 0 Å². The third-order valence-corrected chi connectivity index (χ3v) is 3.27. The van der Waals surface area contributed by atoms with E-state index in [-0.39, 0.29) is 29.0 Å². The molecule has 0 atom stereocenters. The average Bonchev–Trinajstić information content (AvgIpc) is 2.92. The van der Waals surface area contributed by atoms with Gasteiger partial charge in [0.2, 0.25) is 0 Å². The zero-order chi connectivity index (χ0) is 17.1. The van der Waals surface area contributed by atoms with E-state index in [1.165, 1.54) is 18.3 Å². The van der Waals surface area contributed by atoms with Crippen molar-refractivity contribution in [1.29, 1.82) is 0 Å². The first kappa shape index (κ1) is 16.2. The largest absolute Gasteiger partial charge is 0.431 e. The van der Waals surface area contributed by atoms with Crippen molar-refractivity contribution in [2.24, 2.45) is 5.73 Å². The first-order chi connectivity index (χ1) is 10.9. The highest BCUT2D eigenvalue weighted by atomic mass is 35.5. The number of hydrogen-bond acceptors (Lipinski definition) is 5. The molecular formula is C14H12ClN3O5. The van der Waals surface area contributed by atoms with Crippen molar-refractivity contribution in [2.45, 2.75) is 0 Å². The van der Waals surface area contributed by atoms with E-state index in [1.54, 1.807) is 0 Å². The molecule has 8 nitrogen and oxygen atoms in total. The van der Waals surface area contributed by atoms with E-state index in [4.69, 9.17) is 17.3 Å². The lowest BCUT2D eigenvalue weighted by molar-refractivity contribution is -0.384. The van der Waals surface area contributed by atoms with Gasteiger partial charge in [-0.25, -0.2) is 4.79 Å². The molecule has 23 heavy (non-hydrogen) atoms. The number of carbonyl (C=O) groups is 2. The van der Waals surface area contributed by atoms with Crippen LogP contribution in [0.15, 0.2) is 37.2 Å². The van der Waals surface area contributed by atoms with E-state index in [9.17, 15) is 19.7 Å². The van der Waals surface area contributed by atoms with Crippen molar-refractivity contribution in [1.82, 2.24) is 4.98 Å². The van der Waals surface area contributed by atoms with Gasteiger partial charge in [-0.1, -0.05) is 18.2 Å². The number of amides is 1. The van der Waals surface area contributed by atoms with E-state index in [0.29, 0.717) is 5.56 Å². The number of nitro groups is 1. The summed E-state index contributed by atoms with van der Waals surface area (Å²) >= 11 is 5.87. The molecule has 0 unspecified atom stereocenters.